The van der Waals surface area contributed by atoms with Crippen LogP contribution in [0.3, 0.4) is 0 Å². The van der Waals surface area contributed by atoms with E-state index in [-0.39, 0.29) is 0 Å². The quantitative estimate of drug-likeness (QED) is 0.843. The molecule has 0 amide bonds. The van der Waals surface area contributed by atoms with Crippen LogP contribution in [-0.4, -0.2) is 9.97 Å². The molecule has 1 unspecified atom stereocenters. The Morgan fingerprint density at radius 3 is 2.90 bits per heavy atom. The fraction of sp³-hybridized carbons (Fsp3) is 0.412. The Hall–Kier alpha value is -2.10. The summed E-state index contributed by atoms with van der Waals surface area (Å²) in [5.74, 6) is 1.32. The monoisotopic (exact) mass is 282 g/mol. The van der Waals surface area contributed by atoms with Crippen molar-refractivity contribution < 1.29 is 0 Å². The Balaban J connectivity index is 1.85. The van der Waals surface area contributed by atoms with Crippen molar-refractivity contribution in [2.75, 3.05) is 11.1 Å². The Morgan fingerprint density at radius 1 is 1.24 bits per heavy atom. The van der Waals surface area contributed by atoms with E-state index in [4.69, 9.17) is 5.73 Å². The van der Waals surface area contributed by atoms with Crippen molar-refractivity contribution in [2.45, 2.75) is 45.1 Å². The maximum Gasteiger partial charge on any atom is 0.130 e. The number of nitrogen functional groups attached to an aromatic ring is 1. The molecule has 110 valence electrons. The molecule has 1 aliphatic carbocycles. The van der Waals surface area contributed by atoms with Crippen molar-refractivity contribution in [1.82, 2.24) is 9.97 Å². The van der Waals surface area contributed by atoms with Crippen molar-refractivity contribution in [2.24, 2.45) is 0 Å². The summed E-state index contributed by atoms with van der Waals surface area (Å²) in [6.07, 6.45) is 5.05. The minimum atomic E-state index is 0.310. The lowest BCUT2D eigenvalue weighted by atomic mass is 9.87. The van der Waals surface area contributed by atoms with Crippen molar-refractivity contribution in [3.63, 3.8) is 0 Å². The maximum atomic E-state index is 5.89. The summed E-state index contributed by atoms with van der Waals surface area (Å²) in [6, 6.07) is 8.59. The van der Waals surface area contributed by atoms with Crippen molar-refractivity contribution in [3.05, 3.63) is 47.4 Å². The summed E-state index contributed by atoms with van der Waals surface area (Å²) in [6.45, 7) is 4.29. The number of fused-ring (bicyclic) bond motifs is 1. The van der Waals surface area contributed by atoms with E-state index in [2.05, 4.69) is 47.3 Å². The first-order valence-corrected chi connectivity index (χ1v) is 7.60. The second kappa shape index (κ2) is 5.72. The van der Waals surface area contributed by atoms with Gasteiger partial charge in [0.1, 0.15) is 12.1 Å². The fourth-order valence-corrected chi connectivity index (χ4v) is 2.93. The number of hydrogen-bond donors (Lipinski definition) is 2. The van der Waals surface area contributed by atoms with Crippen LogP contribution >= 0.6 is 0 Å². The van der Waals surface area contributed by atoms with Gasteiger partial charge < -0.3 is 11.1 Å². The number of hydrogen-bond acceptors (Lipinski definition) is 4. The van der Waals surface area contributed by atoms with E-state index in [9.17, 15) is 0 Å². The molecule has 1 heterocycles. The molecule has 1 aromatic heterocycles. The van der Waals surface area contributed by atoms with Gasteiger partial charge in [-0.15, -0.1) is 0 Å². The molecule has 0 aliphatic heterocycles. The first kappa shape index (κ1) is 13.9. The van der Waals surface area contributed by atoms with Crippen LogP contribution in [0.4, 0.5) is 11.5 Å². The third-order valence-corrected chi connectivity index (χ3v) is 4.08. The van der Waals surface area contributed by atoms with E-state index in [1.54, 1.807) is 6.33 Å². The van der Waals surface area contributed by atoms with Crippen molar-refractivity contribution in [3.8, 4) is 0 Å². The number of aryl methyl sites for hydroxylation is 1. The molecule has 0 radical (unpaired) electrons. The normalized spacial score (nSPS) is 17.6. The predicted molar refractivity (Wildman–Crippen MR) is 86.3 cm³/mol. The van der Waals surface area contributed by atoms with Crippen LogP contribution in [0.25, 0.3) is 0 Å². The van der Waals surface area contributed by atoms with Gasteiger partial charge in [-0.25, -0.2) is 9.97 Å². The molecule has 0 fully saturated rings. The van der Waals surface area contributed by atoms with Gasteiger partial charge in [0, 0.05) is 17.4 Å². The van der Waals surface area contributed by atoms with E-state index in [0.29, 0.717) is 12.0 Å². The second-order valence-corrected chi connectivity index (χ2v) is 6.03. The highest BCUT2D eigenvalue weighted by Crippen LogP contribution is 2.33. The van der Waals surface area contributed by atoms with Gasteiger partial charge in [-0.3, -0.25) is 0 Å². The molecule has 3 rings (SSSR count). The number of nitrogens with two attached hydrogens (primary N) is 1. The Morgan fingerprint density at radius 2 is 2.10 bits per heavy atom. The Bertz CT molecular complexity index is 636. The number of nitrogens with one attached hydrogen (secondary N) is 1. The summed E-state index contributed by atoms with van der Waals surface area (Å²) in [7, 11) is 0. The van der Waals surface area contributed by atoms with Gasteiger partial charge in [-0.1, -0.05) is 19.9 Å². The lowest BCUT2D eigenvalue weighted by molar-refractivity contribution is 0.598. The number of aromatic nitrogens is 2. The minimum Gasteiger partial charge on any atom is -0.399 e. The summed E-state index contributed by atoms with van der Waals surface area (Å²) >= 11 is 0. The van der Waals surface area contributed by atoms with Crippen LogP contribution in [0.2, 0.25) is 0 Å². The molecule has 1 aliphatic rings. The molecule has 0 saturated carbocycles. The topological polar surface area (TPSA) is 63.8 Å². The van der Waals surface area contributed by atoms with Crippen molar-refractivity contribution >= 4 is 11.5 Å². The van der Waals surface area contributed by atoms with Gasteiger partial charge >= 0.3 is 0 Å². The summed E-state index contributed by atoms with van der Waals surface area (Å²) in [5, 5.41) is 3.56. The summed E-state index contributed by atoms with van der Waals surface area (Å²) < 4.78 is 0. The average Bonchev–Trinajstić information content (AvgIpc) is 2.47. The van der Waals surface area contributed by atoms with Crippen LogP contribution in [-0.2, 0) is 6.42 Å². The first-order chi connectivity index (χ1) is 10.1. The third-order valence-electron chi connectivity index (χ3n) is 4.08. The second-order valence-electron chi connectivity index (χ2n) is 6.03. The van der Waals surface area contributed by atoms with E-state index >= 15 is 0 Å². The molecule has 2 aromatic rings. The molecular weight excluding hydrogens is 260 g/mol. The zero-order valence-corrected chi connectivity index (χ0v) is 12.6. The molecule has 1 aromatic carbocycles. The molecule has 0 saturated heterocycles. The van der Waals surface area contributed by atoms with Gasteiger partial charge in [0.05, 0.1) is 6.04 Å². The first-order valence-electron chi connectivity index (χ1n) is 7.60. The highest BCUT2D eigenvalue weighted by molar-refractivity contribution is 5.49. The summed E-state index contributed by atoms with van der Waals surface area (Å²) in [4.78, 5) is 8.68. The summed E-state index contributed by atoms with van der Waals surface area (Å²) in [5.41, 5.74) is 10.5. The highest BCUT2D eigenvalue weighted by atomic mass is 15.0. The van der Waals surface area contributed by atoms with E-state index in [1.165, 1.54) is 17.5 Å². The van der Waals surface area contributed by atoms with Crippen LogP contribution in [0.5, 0.6) is 0 Å². The molecule has 1 atom stereocenters. The largest absolute Gasteiger partial charge is 0.399 e. The lowest BCUT2D eigenvalue weighted by Gasteiger charge is -2.27. The van der Waals surface area contributed by atoms with Gasteiger partial charge in [0.15, 0.2) is 0 Å². The van der Waals surface area contributed by atoms with E-state index < -0.39 is 0 Å². The van der Waals surface area contributed by atoms with Gasteiger partial charge in [0.25, 0.3) is 0 Å². The Labute approximate surface area is 125 Å². The molecule has 3 N–H and O–H groups in total. The fourth-order valence-electron chi connectivity index (χ4n) is 2.93. The smallest absolute Gasteiger partial charge is 0.130 e. The number of nitrogens with zero attached hydrogens (tertiary/aromatic N) is 2. The average molecular weight is 282 g/mol. The van der Waals surface area contributed by atoms with Gasteiger partial charge in [-0.2, -0.15) is 0 Å². The van der Waals surface area contributed by atoms with Gasteiger partial charge in [0.2, 0.25) is 0 Å². The van der Waals surface area contributed by atoms with Crippen LogP contribution in [0.1, 0.15) is 55.5 Å². The van der Waals surface area contributed by atoms with Crippen LogP contribution in [0.15, 0.2) is 30.6 Å². The van der Waals surface area contributed by atoms with Crippen molar-refractivity contribution in [1.29, 1.82) is 0 Å². The molecule has 21 heavy (non-hydrogen) atoms. The number of rotatable bonds is 3. The highest BCUT2D eigenvalue weighted by Gasteiger charge is 2.20. The predicted octanol–water partition coefficient (Wildman–Crippen LogP) is 3.67. The van der Waals surface area contributed by atoms with Gasteiger partial charge in [-0.05, 0) is 48.4 Å². The zero-order chi connectivity index (χ0) is 14.8. The van der Waals surface area contributed by atoms with E-state index in [1.807, 2.05) is 6.07 Å². The molecule has 4 nitrogen and oxygen atoms in total. The molecule has 0 bridgehead atoms. The Kier molecular flexibility index (Phi) is 3.78. The molecule has 0 spiro atoms. The van der Waals surface area contributed by atoms with E-state index in [0.717, 1.165) is 30.0 Å². The zero-order valence-electron chi connectivity index (χ0n) is 12.6. The number of anilines is 2. The molecule has 4 heteroatoms. The lowest BCUT2D eigenvalue weighted by Crippen LogP contribution is -2.18. The van der Waals surface area contributed by atoms with Crippen LogP contribution in [0, 0.1) is 0 Å². The minimum absolute atomic E-state index is 0.310. The maximum absolute atomic E-state index is 5.89. The molecular formula is C17H22N4. The van der Waals surface area contributed by atoms with Crippen LogP contribution < -0.4 is 11.1 Å². The standard InChI is InChI=1S/C17H22N4/c1-11(2)16-9-17(20-10-19-16)21-15-5-3-4-12-8-13(18)6-7-14(12)15/h6-11,15H,3-5,18H2,1-2H3,(H,19,20,21). The number of benzene rings is 1. The third kappa shape index (κ3) is 2.99. The SMILES string of the molecule is CC(C)c1cc(NC2CCCc3cc(N)ccc32)ncn1.